The minimum absolute atomic E-state index is 0.137. The van der Waals surface area contributed by atoms with Crippen molar-refractivity contribution in [1.82, 2.24) is 0 Å². The third kappa shape index (κ3) is 2.93. The Balaban J connectivity index is 2.33. The molecule has 0 heterocycles. The van der Waals surface area contributed by atoms with E-state index in [1.807, 2.05) is 13.0 Å². The van der Waals surface area contributed by atoms with Gasteiger partial charge >= 0.3 is 0 Å². The van der Waals surface area contributed by atoms with Crippen LogP contribution in [0.15, 0.2) is 34.8 Å². The van der Waals surface area contributed by atoms with Crippen molar-refractivity contribution in [3.8, 4) is 5.75 Å². The molecule has 0 aliphatic rings. The van der Waals surface area contributed by atoms with Crippen molar-refractivity contribution in [2.75, 3.05) is 11.1 Å². The summed E-state index contributed by atoms with van der Waals surface area (Å²) in [5, 5.41) is 12.2. The van der Waals surface area contributed by atoms with E-state index in [-0.39, 0.29) is 11.7 Å². The number of carbonyl (C=O) groups excluding carboxylic acids is 1. The monoisotopic (exact) mass is 334 g/mol. The van der Waals surface area contributed by atoms with Gasteiger partial charge in [0.05, 0.1) is 11.4 Å². The van der Waals surface area contributed by atoms with Gasteiger partial charge in [-0.05, 0) is 55.3 Å². The minimum atomic E-state index is -0.250. The summed E-state index contributed by atoms with van der Waals surface area (Å²) in [6.07, 6.45) is 0. The van der Waals surface area contributed by atoms with Gasteiger partial charge < -0.3 is 16.2 Å². The Labute approximate surface area is 125 Å². The predicted molar refractivity (Wildman–Crippen MR) is 84.1 cm³/mol. The number of rotatable bonds is 2. The van der Waals surface area contributed by atoms with Crippen molar-refractivity contribution in [1.29, 1.82) is 0 Å². The number of nitrogens with one attached hydrogen (secondary N) is 1. The highest BCUT2D eigenvalue weighted by atomic mass is 79.9. The van der Waals surface area contributed by atoms with Crippen LogP contribution in [0.2, 0.25) is 0 Å². The molecule has 4 nitrogen and oxygen atoms in total. The molecule has 0 aliphatic carbocycles. The fourth-order valence-corrected chi connectivity index (χ4v) is 2.61. The number of aryl methyl sites for hydroxylation is 2. The lowest BCUT2D eigenvalue weighted by Gasteiger charge is -2.13. The molecule has 0 radical (unpaired) electrons. The Morgan fingerprint density at radius 1 is 1.20 bits per heavy atom. The lowest BCUT2D eigenvalue weighted by atomic mass is 10.1. The van der Waals surface area contributed by atoms with Gasteiger partial charge in [-0.25, -0.2) is 0 Å². The molecule has 0 saturated carbocycles. The molecule has 0 atom stereocenters. The van der Waals surface area contributed by atoms with E-state index in [2.05, 4.69) is 21.2 Å². The highest BCUT2D eigenvalue weighted by Gasteiger charge is 2.13. The van der Waals surface area contributed by atoms with Crippen LogP contribution in [0.3, 0.4) is 0 Å². The first-order valence-electron chi connectivity index (χ1n) is 6.05. The molecule has 20 heavy (non-hydrogen) atoms. The van der Waals surface area contributed by atoms with Crippen molar-refractivity contribution in [2.45, 2.75) is 13.8 Å². The molecule has 0 saturated heterocycles. The third-order valence-electron chi connectivity index (χ3n) is 3.02. The summed E-state index contributed by atoms with van der Waals surface area (Å²) >= 11 is 3.36. The standard InChI is InChI=1S/C15H15BrN2O2/c1-8-6-11(19)3-4-12(8)15(20)18-14-9(2)5-10(16)7-13(14)17/h3-7,19H,17H2,1-2H3,(H,18,20). The first kappa shape index (κ1) is 14.4. The van der Waals surface area contributed by atoms with E-state index < -0.39 is 0 Å². The number of nitrogens with two attached hydrogens (primary N) is 1. The van der Waals surface area contributed by atoms with Gasteiger partial charge in [-0.1, -0.05) is 15.9 Å². The molecule has 0 fully saturated rings. The molecule has 0 aromatic heterocycles. The smallest absolute Gasteiger partial charge is 0.255 e. The molecular formula is C15H15BrN2O2. The van der Waals surface area contributed by atoms with Crippen LogP contribution >= 0.6 is 15.9 Å². The SMILES string of the molecule is Cc1cc(O)ccc1C(=O)Nc1c(C)cc(Br)cc1N. The number of anilines is 2. The van der Waals surface area contributed by atoms with Crippen molar-refractivity contribution in [3.63, 3.8) is 0 Å². The minimum Gasteiger partial charge on any atom is -0.508 e. The maximum Gasteiger partial charge on any atom is 0.255 e. The first-order chi connectivity index (χ1) is 9.38. The highest BCUT2D eigenvalue weighted by Crippen LogP contribution is 2.28. The number of aromatic hydroxyl groups is 1. The second-order valence-corrected chi connectivity index (χ2v) is 5.56. The molecule has 104 valence electrons. The second kappa shape index (κ2) is 5.54. The molecule has 2 aromatic carbocycles. The molecule has 0 spiro atoms. The number of hydrogen-bond donors (Lipinski definition) is 3. The zero-order valence-corrected chi connectivity index (χ0v) is 12.8. The molecule has 1 amide bonds. The molecule has 2 aromatic rings. The van der Waals surface area contributed by atoms with E-state index in [9.17, 15) is 9.90 Å². The average Bonchev–Trinajstić information content (AvgIpc) is 2.33. The Morgan fingerprint density at radius 2 is 1.90 bits per heavy atom. The van der Waals surface area contributed by atoms with Gasteiger partial charge in [0, 0.05) is 10.0 Å². The summed E-state index contributed by atoms with van der Waals surface area (Å²) in [7, 11) is 0. The van der Waals surface area contributed by atoms with Crippen molar-refractivity contribution >= 4 is 33.2 Å². The maximum absolute atomic E-state index is 12.3. The lowest BCUT2D eigenvalue weighted by Crippen LogP contribution is -2.15. The van der Waals surface area contributed by atoms with E-state index in [1.165, 1.54) is 6.07 Å². The van der Waals surface area contributed by atoms with E-state index in [0.717, 1.165) is 10.0 Å². The van der Waals surface area contributed by atoms with Crippen LogP contribution in [0, 0.1) is 13.8 Å². The number of halogens is 1. The van der Waals surface area contributed by atoms with Crippen LogP contribution < -0.4 is 11.1 Å². The lowest BCUT2D eigenvalue weighted by molar-refractivity contribution is 0.102. The van der Waals surface area contributed by atoms with Gasteiger partial charge in [0.2, 0.25) is 0 Å². The zero-order chi connectivity index (χ0) is 14.9. The van der Waals surface area contributed by atoms with Crippen LogP contribution in [0.25, 0.3) is 0 Å². The van der Waals surface area contributed by atoms with E-state index in [0.29, 0.717) is 22.5 Å². The average molecular weight is 335 g/mol. The largest absolute Gasteiger partial charge is 0.508 e. The van der Waals surface area contributed by atoms with E-state index >= 15 is 0 Å². The van der Waals surface area contributed by atoms with Gasteiger partial charge in [-0.3, -0.25) is 4.79 Å². The fourth-order valence-electron chi connectivity index (χ4n) is 2.02. The molecule has 5 heteroatoms. The van der Waals surface area contributed by atoms with Crippen LogP contribution in [0.1, 0.15) is 21.5 Å². The normalized spacial score (nSPS) is 10.3. The second-order valence-electron chi connectivity index (χ2n) is 4.64. The van der Waals surface area contributed by atoms with Crippen molar-refractivity contribution in [3.05, 3.63) is 51.5 Å². The number of phenolic OH excluding ortho intramolecular Hbond substituents is 1. The van der Waals surface area contributed by atoms with Gasteiger partial charge in [-0.15, -0.1) is 0 Å². The zero-order valence-electron chi connectivity index (χ0n) is 11.2. The Hall–Kier alpha value is -2.01. The summed E-state index contributed by atoms with van der Waals surface area (Å²) in [4.78, 5) is 12.3. The molecular weight excluding hydrogens is 320 g/mol. The summed E-state index contributed by atoms with van der Waals surface area (Å²) in [5.74, 6) is -0.113. The number of benzene rings is 2. The molecule has 4 N–H and O–H groups in total. The van der Waals surface area contributed by atoms with Gasteiger partial charge in [0.1, 0.15) is 5.75 Å². The third-order valence-corrected chi connectivity index (χ3v) is 3.48. The van der Waals surface area contributed by atoms with Gasteiger partial charge in [0.25, 0.3) is 5.91 Å². The van der Waals surface area contributed by atoms with Crippen LogP contribution in [-0.2, 0) is 0 Å². The summed E-state index contributed by atoms with van der Waals surface area (Å²) in [6, 6.07) is 8.25. The topological polar surface area (TPSA) is 75.3 Å². The van der Waals surface area contributed by atoms with Crippen molar-refractivity contribution < 1.29 is 9.90 Å². The Kier molecular flexibility index (Phi) is 3.99. The van der Waals surface area contributed by atoms with E-state index in [1.54, 1.807) is 25.1 Å². The van der Waals surface area contributed by atoms with Crippen molar-refractivity contribution in [2.24, 2.45) is 0 Å². The molecule has 2 rings (SSSR count). The van der Waals surface area contributed by atoms with Gasteiger partial charge in [0.15, 0.2) is 0 Å². The Bertz CT molecular complexity index is 661. The molecule has 0 aliphatic heterocycles. The number of nitrogen functional groups attached to an aromatic ring is 1. The number of amides is 1. The molecule has 0 bridgehead atoms. The van der Waals surface area contributed by atoms with Crippen LogP contribution in [0.4, 0.5) is 11.4 Å². The predicted octanol–water partition coefficient (Wildman–Crippen LogP) is 3.61. The number of phenols is 1. The van der Waals surface area contributed by atoms with Crippen LogP contribution in [-0.4, -0.2) is 11.0 Å². The maximum atomic E-state index is 12.3. The summed E-state index contributed by atoms with van der Waals surface area (Å²) < 4.78 is 0.867. The molecule has 0 unspecified atom stereocenters. The summed E-state index contributed by atoms with van der Waals surface area (Å²) in [6.45, 7) is 3.65. The first-order valence-corrected chi connectivity index (χ1v) is 6.84. The van der Waals surface area contributed by atoms with Gasteiger partial charge in [-0.2, -0.15) is 0 Å². The summed E-state index contributed by atoms with van der Waals surface area (Å²) in [5.41, 5.74) is 9.12. The fraction of sp³-hybridized carbons (Fsp3) is 0.133. The quantitative estimate of drug-likeness (QED) is 0.734. The highest BCUT2D eigenvalue weighted by molar-refractivity contribution is 9.10. The number of hydrogen-bond acceptors (Lipinski definition) is 3. The number of carbonyl (C=O) groups is 1. The van der Waals surface area contributed by atoms with E-state index in [4.69, 9.17) is 5.73 Å². The van der Waals surface area contributed by atoms with Crippen LogP contribution in [0.5, 0.6) is 5.75 Å². The Morgan fingerprint density at radius 3 is 2.50 bits per heavy atom.